The second kappa shape index (κ2) is 7.72. The lowest BCUT2D eigenvalue weighted by Crippen LogP contribution is -2.45. The van der Waals surface area contributed by atoms with E-state index in [0.717, 1.165) is 25.0 Å². The summed E-state index contributed by atoms with van der Waals surface area (Å²) in [5.41, 5.74) is 1.43. The first-order chi connectivity index (χ1) is 12.3. The summed E-state index contributed by atoms with van der Waals surface area (Å²) in [5.74, 6) is 0.660. The second-order valence-electron chi connectivity index (χ2n) is 7.77. The SMILES string of the molecule is CC(C)(C)[C@@H]1OCCC[C@H]1CNC(=O)c1ccc(-c2n[nH]c(=S)o2)cc1. The van der Waals surface area contributed by atoms with Crippen LogP contribution in [0.4, 0.5) is 0 Å². The molecule has 1 aliphatic heterocycles. The molecule has 26 heavy (non-hydrogen) atoms. The maximum Gasteiger partial charge on any atom is 0.284 e. The van der Waals surface area contributed by atoms with Gasteiger partial charge in [0.25, 0.3) is 10.7 Å². The van der Waals surface area contributed by atoms with Crippen LogP contribution in [0.5, 0.6) is 0 Å². The summed E-state index contributed by atoms with van der Waals surface area (Å²) in [4.78, 5) is 12.7. The average Bonchev–Trinajstić information content (AvgIpc) is 3.06. The van der Waals surface area contributed by atoms with Crippen LogP contribution >= 0.6 is 12.2 Å². The molecule has 3 rings (SSSR count). The van der Waals surface area contributed by atoms with Gasteiger partial charge in [0.05, 0.1) is 6.10 Å². The highest BCUT2D eigenvalue weighted by molar-refractivity contribution is 7.71. The normalized spacial score (nSPS) is 20.7. The van der Waals surface area contributed by atoms with Gasteiger partial charge in [-0.05, 0) is 54.7 Å². The molecule has 1 fully saturated rings. The molecule has 1 amide bonds. The van der Waals surface area contributed by atoms with Gasteiger partial charge < -0.3 is 14.5 Å². The van der Waals surface area contributed by atoms with Crippen molar-refractivity contribution in [2.75, 3.05) is 13.2 Å². The number of aromatic nitrogens is 2. The molecule has 1 aromatic carbocycles. The Kier molecular flexibility index (Phi) is 5.58. The molecule has 1 saturated heterocycles. The predicted molar refractivity (Wildman–Crippen MR) is 101 cm³/mol. The number of hydrogen-bond acceptors (Lipinski definition) is 5. The first-order valence-corrected chi connectivity index (χ1v) is 9.31. The number of nitrogens with one attached hydrogen (secondary N) is 2. The Bertz CT molecular complexity index is 804. The Labute approximate surface area is 158 Å². The van der Waals surface area contributed by atoms with Gasteiger partial charge in [-0.15, -0.1) is 5.10 Å². The Hall–Kier alpha value is -1.99. The highest BCUT2D eigenvalue weighted by atomic mass is 32.1. The van der Waals surface area contributed by atoms with Crippen LogP contribution in [0.15, 0.2) is 28.7 Å². The average molecular weight is 375 g/mol. The molecule has 0 radical (unpaired) electrons. The van der Waals surface area contributed by atoms with E-state index in [1.54, 1.807) is 24.3 Å². The molecule has 0 aliphatic carbocycles. The van der Waals surface area contributed by atoms with Crippen LogP contribution in [-0.2, 0) is 4.74 Å². The third-order valence-electron chi connectivity index (χ3n) is 4.66. The van der Waals surface area contributed by atoms with Crippen LogP contribution < -0.4 is 5.32 Å². The van der Waals surface area contributed by atoms with Crippen molar-refractivity contribution in [2.24, 2.45) is 11.3 Å². The number of benzene rings is 1. The van der Waals surface area contributed by atoms with Crippen molar-refractivity contribution in [3.63, 3.8) is 0 Å². The van der Waals surface area contributed by atoms with Crippen molar-refractivity contribution >= 4 is 18.1 Å². The van der Waals surface area contributed by atoms with E-state index >= 15 is 0 Å². The summed E-state index contributed by atoms with van der Waals surface area (Å²) in [5, 5.41) is 9.62. The van der Waals surface area contributed by atoms with Crippen molar-refractivity contribution < 1.29 is 13.9 Å². The van der Waals surface area contributed by atoms with E-state index in [2.05, 4.69) is 36.3 Å². The molecule has 140 valence electrons. The summed E-state index contributed by atoms with van der Waals surface area (Å²) >= 11 is 4.87. The second-order valence-corrected chi connectivity index (χ2v) is 8.14. The van der Waals surface area contributed by atoms with E-state index in [0.29, 0.717) is 23.9 Å². The summed E-state index contributed by atoms with van der Waals surface area (Å²) in [6.07, 6.45) is 2.28. The van der Waals surface area contributed by atoms with Crippen molar-refractivity contribution in [2.45, 2.75) is 39.7 Å². The van der Waals surface area contributed by atoms with E-state index in [9.17, 15) is 4.79 Å². The van der Waals surface area contributed by atoms with E-state index in [1.807, 2.05) is 0 Å². The molecule has 7 heteroatoms. The van der Waals surface area contributed by atoms with Crippen LogP contribution in [-0.4, -0.2) is 35.4 Å². The number of hydrogen-bond donors (Lipinski definition) is 2. The van der Waals surface area contributed by atoms with Gasteiger partial charge in [0.2, 0.25) is 5.89 Å². The van der Waals surface area contributed by atoms with Gasteiger partial charge in [-0.25, -0.2) is 5.10 Å². The summed E-state index contributed by atoms with van der Waals surface area (Å²) in [6.45, 7) is 7.98. The van der Waals surface area contributed by atoms with Crippen LogP contribution in [0, 0.1) is 16.2 Å². The number of carbonyl (C=O) groups excluding carboxylic acids is 1. The van der Waals surface area contributed by atoms with Crippen LogP contribution in [0.1, 0.15) is 44.0 Å². The van der Waals surface area contributed by atoms with Gasteiger partial charge in [0.15, 0.2) is 0 Å². The van der Waals surface area contributed by atoms with E-state index in [-0.39, 0.29) is 22.3 Å². The van der Waals surface area contributed by atoms with Crippen LogP contribution in [0.2, 0.25) is 0 Å². The Morgan fingerprint density at radius 1 is 1.35 bits per heavy atom. The summed E-state index contributed by atoms with van der Waals surface area (Å²) < 4.78 is 11.3. The van der Waals surface area contributed by atoms with E-state index < -0.39 is 0 Å². The molecule has 0 unspecified atom stereocenters. The van der Waals surface area contributed by atoms with Crippen LogP contribution in [0.3, 0.4) is 0 Å². The van der Waals surface area contributed by atoms with Crippen molar-refractivity contribution in [1.29, 1.82) is 0 Å². The highest BCUT2D eigenvalue weighted by Crippen LogP contribution is 2.33. The Morgan fingerprint density at radius 3 is 2.69 bits per heavy atom. The molecule has 0 saturated carbocycles. The molecule has 0 bridgehead atoms. The molecular weight excluding hydrogens is 350 g/mol. The molecule has 2 N–H and O–H groups in total. The molecule has 2 aromatic rings. The van der Waals surface area contributed by atoms with Gasteiger partial charge in [-0.2, -0.15) is 0 Å². The molecule has 0 spiro atoms. The summed E-state index contributed by atoms with van der Waals surface area (Å²) in [6, 6.07) is 7.11. The molecule has 1 aliphatic rings. The Balaban J connectivity index is 1.62. The number of nitrogens with zero attached hydrogens (tertiary/aromatic N) is 1. The van der Waals surface area contributed by atoms with Gasteiger partial charge in [-0.1, -0.05) is 20.8 Å². The zero-order chi connectivity index (χ0) is 18.7. The zero-order valence-electron chi connectivity index (χ0n) is 15.4. The van der Waals surface area contributed by atoms with Gasteiger partial charge in [-0.3, -0.25) is 4.79 Å². The number of rotatable bonds is 4. The Morgan fingerprint density at radius 2 is 2.08 bits per heavy atom. The predicted octanol–water partition coefficient (Wildman–Crippen LogP) is 3.97. The maximum atomic E-state index is 12.5. The minimum atomic E-state index is -0.0855. The maximum absolute atomic E-state index is 12.5. The molecule has 2 atom stereocenters. The lowest BCUT2D eigenvalue weighted by Gasteiger charge is -2.40. The van der Waals surface area contributed by atoms with Crippen molar-refractivity contribution in [3.05, 3.63) is 34.7 Å². The van der Waals surface area contributed by atoms with E-state index in [4.69, 9.17) is 21.4 Å². The third-order valence-corrected chi connectivity index (χ3v) is 4.83. The lowest BCUT2D eigenvalue weighted by atomic mass is 9.78. The molecule has 1 aromatic heterocycles. The first-order valence-electron chi connectivity index (χ1n) is 8.90. The van der Waals surface area contributed by atoms with Crippen molar-refractivity contribution in [1.82, 2.24) is 15.5 Å². The topological polar surface area (TPSA) is 80.1 Å². The quantitative estimate of drug-likeness (QED) is 0.791. The number of H-pyrrole nitrogens is 1. The minimum absolute atomic E-state index is 0.0636. The van der Waals surface area contributed by atoms with Gasteiger partial charge in [0.1, 0.15) is 0 Å². The van der Waals surface area contributed by atoms with Crippen molar-refractivity contribution in [3.8, 4) is 11.5 Å². The minimum Gasteiger partial charge on any atom is -0.409 e. The highest BCUT2D eigenvalue weighted by Gasteiger charge is 2.35. The van der Waals surface area contributed by atoms with E-state index in [1.165, 1.54) is 0 Å². The monoisotopic (exact) mass is 375 g/mol. The molecular formula is C19H25N3O3S. The fourth-order valence-electron chi connectivity index (χ4n) is 3.45. The summed E-state index contributed by atoms with van der Waals surface area (Å²) in [7, 11) is 0. The number of aromatic amines is 1. The largest absolute Gasteiger partial charge is 0.409 e. The fourth-order valence-corrected chi connectivity index (χ4v) is 3.58. The number of carbonyl (C=O) groups is 1. The molecule has 2 heterocycles. The first kappa shape index (κ1) is 18.8. The van der Waals surface area contributed by atoms with Gasteiger partial charge >= 0.3 is 0 Å². The van der Waals surface area contributed by atoms with Gasteiger partial charge in [0, 0.05) is 30.2 Å². The van der Waals surface area contributed by atoms with Crippen LogP contribution in [0.25, 0.3) is 11.5 Å². The number of amides is 1. The standard InChI is InChI=1S/C19H25N3O3S/c1-19(2,3)15-14(5-4-10-24-15)11-20-16(23)12-6-8-13(9-7-12)17-21-22-18(26)25-17/h6-9,14-15H,4-5,10-11H2,1-3H3,(H,20,23)(H,22,26)/t14-,15+/m0/s1. The smallest absolute Gasteiger partial charge is 0.284 e. The molecule has 6 nitrogen and oxygen atoms in total. The lowest BCUT2D eigenvalue weighted by molar-refractivity contribution is -0.0839. The fraction of sp³-hybridized carbons (Fsp3) is 0.526. The third kappa shape index (κ3) is 4.40. The zero-order valence-corrected chi connectivity index (χ0v) is 16.2. The number of ether oxygens (including phenoxy) is 1.